The summed E-state index contributed by atoms with van der Waals surface area (Å²) >= 11 is 0. The number of fused-ring (bicyclic) bond motifs is 1. The smallest absolute Gasteiger partial charge is 0.269 e. The molecule has 0 aliphatic heterocycles. The second-order valence-electron chi connectivity index (χ2n) is 6.82. The lowest BCUT2D eigenvalue weighted by atomic mass is 10.2. The van der Waals surface area contributed by atoms with Crippen molar-refractivity contribution in [1.82, 2.24) is 20.4 Å². The van der Waals surface area contributed by atoms with Gasteiger partial charge in [0.05, 0.1) is 10.9 Å². The summed E-state index contributed by atoms with van der Waals surface area (Å²) in [4.78, 5) is 41.6. The molecule has 0 bridgehead atoms. The fourth-order valence-electron chi connectivity index (χ4n) is 3.15. The van der Waals surface area contributed by atoms with Crippen LogP contribution in [0.25, 0.3) is 10.9 Å². The van der Waals surface area contributed by atoms with Gasteiger partial charge in [0.25, 0.3) is 11.5 Å². The normalized spacial score (nSPS) is 13.3. The lowest BCUT2D eigenvalue weighted by molar-refractivity contribution is -0.121. The Morgan fingerprint density at radius 1 is 1.00 bits per heavy atom. The zero-order valence-electron chi connectivity index (χ0n) is 15.2. The van der Waals surface area contributed by atoms with E-state index in [1.807, 2.05) is 18.2 Å². The third-order valence-electron chi connectivity index (χ3n) is 4.72. The van der Waals surface area contributed by atoms with E-state index in [1.54, 1.807) is 41.0 Å². The molecule has 142 valence electrons. The average molecular weight is 376 g/mol. The minimum Gasteiger partial charge on any atom is -0.293 e. The van der Waals surface area contributed by atoms with Crippen LogP contribution in [0.5, 0.6) is 0 Å². The van der Waals surface area contributed by atoms with Crippen molar-refractivity contribution in [3.8, 4) is 0 Å². The summed E-state index contributed by atoms with van der Waals surface area (Å²) in [5, 5.41) is 0.595. The van der Waals surface area contributed by atoms with Crippen LogP contribution in [0.1, 0.15) is 41.5 Å². The zero-order chi connectivity index (χ0) is 19.5. The van der Waals surface area contributed by atoms with Crippen LogP contribution in [0.3, 0.4) is 0 Å². The predicted molar refractivity (Wildman–Crippen MR) is 105 cm³/mol. The molecule has 0 atom stereocenters. The standard InChI is InChI=1S/C21H20N4O3/c26-19(23-24-20(27)14-6-2-1-3-7-14)13-12-18-22-17-9-5-4-8-16(17)21(28)25(18)15-10-11-15/h1-9,15H,10-13H2,(H,23,26)(H,24,27). The SMILES string of the molecule is O=C(CCc1nc2ccccc2c(=O)n1C1CC1)NNC(=O)c1ccccc1. The molecular formula is C21H20N4O3. The first-order chi connectivity index (χ1) is 13.6. The summed E-state index contributed by atoms with van der Waals surface area (Å²) in [5.41, 5.74) is 5.85. The summed E-state index contributed by atoms with van der Waals surface area (Å²) in [6, 6.07) is 16.0. The molecule has 7 nitrogen and oxygen atoms in total. The minimum atomic E-state index is -0.382. The molecule has 2 amide bonds. The van der Waals surface area contributed by atoms with Crippen LogP contribution in [0.15, 0.2) is 59.4 Å². The van der Waals surface area contributed by atoms with Crippen LogP contribution < -0.4 is 16.4 Å². The molecule has 7 heteroatoms. The number of amides is 2. The van der Waals surface area contributed by atoms with E-state index in [4.69, 9.17) is 0 Å². The Morgan fingerprint density at radius 2 is 1.71 bits per heavy atom. The molecule has 4 rings (SSSR count). The van der Waals surface area contributed by atoms with E-state index < -0.39 is 0 Å². The maximum Gasteiger partial charge on any atom is 0.269 e. The summed E-state index contributed by atoms with van der Waals surface area (Å²) in [6.45, 7) is 0. The number of para-hydroxylation sites is 1. The van der Waals surface area contributed by atoms with Crippen LogP contribution in [0.4, 0.5) is 0 Å². The predicted octanol–water partition coefficient (Wildman–Crippen LogP) is 2.13. The molecule has 1 heterocycles. The highest BCUT2D eigenvalue weighted by molar-refractivity contribution is 5.95. The van der Waals surface area contributed by atoms with Crippen molar-refractivity contribution in [1.29, 1.82) is 0 Å². The molecule has 1 aliphatic carbocycles. The van der Waals surface area contributed by atoms with E-state index >= 15 is 0 Å². The fraction of sp³-hybridized carbons (Fsp3) is 0.238. The van der Waals surface area contributed by atoms with E-state index in [9.17, 15) is 14.4 Å². The number of nitrogens with zero attached hydrogens (tertiary/aromatic N) is 2. The van der Waals surface area contributed by atoms with Gasteiger partial charge in [0.1, 0.15) is 5.82 Å². The number of nitrogens with one attached hydrogen (secondary N) is 2. The maximum atomic E-state index is 12.8. The van der Waals surface area contributed by atoms with E-state index in [-0.39, 0.29) is 29.8 Å². The number of hydrogen-bond donors (Lipinski definition) is 2. The van der Waals surface area contributed by atoms with Gasteiger partial charge in [-0.2, -0.15) is 0 Å². The number of benzene rings is 2. The number of aromatic nitrogens is 2. The van der Waals surface area contributed by atoms with E-state index in [0.717, 1.165) is 12.8 Å². The Hall–Kier alpha value is -3.48. The third-order valence-corrected chi connectivity index (χ3v) is 4.72. The van der Waals surface area contributed by atoms with Gasteiger partial charge in [0.2, 0.25) is 5.91 Å². The van der Waals surface area contributed by atoms with Gasteiger partial charge in [0.15, 0.2) is 0 Å². The van der Waals surface area contributed by atoms with E-state index in [2.05, 4.69) is 15.8 Å². The summed E-state index contributed by atoms with van der Waals surface area (Å²) in [7, 11) is 0. The summed E-state index contributed by atoms with van der Waals surface area (Å²) in [5.74, 6) is -0.113. The molecule has 1 aromatic heterocycles. The van der Waals surface area contributed by atoms with Crippen LogP contribution in [0, 0.1) is 0 Å². The van der Waals surface area contributed by atoms with Crippen molar-refractivity contribution in [2.24, 2.45) is 0 Å². The molecule has 2 aromatic carbocycles. The monoisotopic (exact) mass is 376 g/mol. The van der Waals surface area contributed by atoms with E-state index in [0.29, 0.717) is 28.7 Å². The molecule has 1 fully saturated rings. The molecular weight excluding hydrogens is 356 g/mol. The van der Waals surface area contributed by atoms with Gasteiger partial charge in [-0.05, 0) is 37.1 Å². The number of hydrazine groups is 1. The molecule has 0 radical (unpaired) electrons. The average Bonchev–Trinajstić information content (AvgIpc) is 3.56. The van der Waals surface area contributed by atoms with Crippen LogP contribution >= 0.6 is 0 Å². The van der Waals surface area contributed by atoms with Gasteiger partial charge < -0.3 is 0 Å². The number of rotatable bonds is 5. The number of hydrogen-bond acceptors (Lipinski definition) is 4. The van der Waals surface area contributed by atoms with Gasteiger partial charge >= 0.3 is 0 Å². The Balaban J connectivity index is 1.44. The molecule has 1 saturated carbocycles. The Bertz CT molecular complexity index is 1090. The topological polar surface area (TPSA) is 93.1 Å². The van der Waals surface area contributed by atoms with Crippen molar-refractivity contribution in [3.63, 3.8) is 0 Å². The van der Waals surface area contributed by atoms with Crippen molar-refractivity contribution in [3.05, 3.63) is 76.3 Å². The Kier molecular flexibility index (Phi) is 4.89. The van der Waals surface area contributed by atoms with Gasteiger partial charge in [-0.3, -0.25) is 29.8 Å². The van der Waals surface area contributed by atoms with Crippen molar-refractivity contribution in [2.45, 2.75) is 31.7 Å². The summed E-state index contributed by atoms with van der Waals surface area (Å²) < 4.78 is 1.72. The van der Waals surface area contributed by atoms with Crippen molar-refractivity contribution < 1.29 is 9.59 Å². The van der Waals surface area contributed by atoms with Crippen LogP contribution in [-0.4, -0.2) is 21.4 Å². The van der Waals surface area contributed by atoms with E-state index in [1.165, 1.54) is 0 Å². The summed E-state index contributed by atoms with van der Waals surface area (Å²) in [6.07, 6.45) is 2.34. The lowest BCUT2D eigenvalue weighted by Crippen LogP contribution is -2.41. The first kappa shape index (κ1) is 17.9. The zero-order valence-corrected chi connectivity index (χ0v) is 15.2. The molecule has 3 aromatic rings. The highest BCUT2D eigenvalue weighted by atomic mass is 16.2. The molecule has 0 spiro atoms. The third kappa shape index (κ3) is 3.78. The highest BCUT2D eigenvalue weighted by Gasteiger charge is 2.28. The highest BCUT2D eigenvalue weighted by Crippen LogP contribution is 2.34. The first-order valence-corrected chi connectivity index (χ1v) is 9.28. The van der Waals surface area contributed by atoms with Gasteiger partial charge in [-0.25, -0.2) is 4.98 Å². The van der Waals surface area contributed by atoms with Crippen LogP contribution in [-0.2, 0) is 11.2 Å². The van der Waals surface area contributed by atoms with Crippen LogP contribution in [0.2, 0.25) is 0 Å². The molecule has 0 saturated heterocycles. The minimum absolute atomic E-state index is 0.0547. The molecule has 2 N–H and O–H groups in total. The lowest BCUT2D eigenvalue weighted by Gasteiger charge is -2.13. The largest absolute Gasteiger partial charge is 0.293 e. The van der Waals surface area contributed by atoms with Gasteiger partial charge in [0, 0.05) is 24.4 Å². The number of carbonyl (C=O) groups is 2. The fourth-order valence-corrected chi connectivity index (χ4v) is 3.15. The molecule has 0 unspecified atom stereocenters. The van der Waals surface area contributed by atoms with Crippen molar-refractivity contribution >= 4 is 22.7 Å². The number of aryl methyl sites for hydroxylation is 1. The molecule has 1 aliphatic rings. The van der Waals surface area contributed by atoms with Gasteiger partial charge in [-0.1, -0.05) is 30.3 Å². The number of carbonyl (C=O) groups excluding carboxylic acids is 2. The quantitative estimate of drug-likeness (QED) is 0.667. The first-order valence-electron chi connectivity index (χ1n) is 9.28. The maximum absolute atomic E-state index is 12.8. The Morgan fingerprint density at radius 3 is 2.46 bits per heavy atom. The van der Waals surface area contributed by atoms with Crippen molar-refractivity contribution in [2.75, 3.05) is 0 Å². The Labute approximate surface area is 161 Å². The molecule has 28 heavy (non-hydrogen) atoms. The van der Waals surface area contributed by atoms with Gasteiger partial charge in [-0.15, -0.1) is 0 Å². The second kappa shape index (κ2) is 7.64. The second-order valence-corrected chi connectivity index (χ2v) is 6.82.